The third kappa shape index (κ3) is 2.10. The van der Waals surface area contributed by atoms with Crippen molar-refractivity contribution in [1.82, 2.24) is 20.1 Å². The molecule has 0 aliphatic rings. The van der Waals surface area contributed by atoms with E-state index in [1.165, 1.54) is 0 Å². The number of hydrogen-bond acceptors (Lipinski definition) is 6. The second kappa shape index (κ2) is 4.24. The summed E-state index contributed by atoms with van der Waals surface area (Å²) in [5, 5.41) is 13.6. The zero-order valence-electron chi connectivity index (χ0n) is 9.47. The van der Waals surface area contributed by atoms with Crippen LogP contribution in [0.15, 0.2) is 10.8 Å². The lowest BCUT2D eigenvalue weighted by Crippen LogP contribution is -2.14. The van der Waals surface area contributed by atoms with Crippen LogP contribution in [0.2, 0.25) is 0 Å². The van der Waals surface area contributed by atoms with Crippen molar-refractivity contribution in [2.24, 2.45) is 7.05 Å². The van der Waals surface area contributed by atoms with E-state index in [9.17, 15) is 4.79 Å². The molecule has 0 aromatic carbocycles. The normalized spacial score (nSPS) is 10.5. The van der Waals surface area contributed by atoms with Crippen molar-refractivity contribution in [2.75, 3.05) is 11.1 Å². The van der Waals surface area contributed by atoms with Crippen LogP contribution in [0.25, 0.3) is 0 Å². The van der Waals surface area contributed by atoms with Crippen molar-refractivity contribution in [1.29, 1.82) is 0 Å². The maximum atomic E-state index is 11.8. The van der Waals surface area contributed by atoms with Gasteiger partial charge in [-0.05, 0) is 16.7 Å². The van der Waals surface area contributed by atoms with E-state index in [0.29, 0.717) is 12.1 Å². The molecule has 0 atom stereocenters. The molecule has 8 heteroatoms. The van der Waals surface area contributed by atoms with Crippen molar-refractivity contribution >= 4 is 17.4 Å². The highest BCUT2D eigenvalue weighted by molar-refractivity contribution is 6.05. The van der Waals surface area contributed by atoms with Gasteiger partial charge in [-0.1, -0.05) is 6.92 Å². The lowest BCUT2D eigenvalue weighted by atomic mass is 10.3. The fraction of sp³-hybridized carbons (Fsp3) is 0.333. The maximum absolute atomic E-state index is 11.8. The molecule has 0 fully saturated rings. The molecular formula is C9H12N6O2. The average Bonchev–Trinajstić information content (AvgIpc) is 2.84. The Morgan fingerprint density at radius 1 is 1.59 bits per heavy atom. The number of nitrogens with one attached hydrogen (secondary N) is 1. The summed E-state index contributed by atoms with van der Waals surface area (Å²) in [4.78, 5) is 11.8. The number of nitrogens with zero attached hydrogens (tertiary/aromatic N) is 4. The SMILES string of the molecule is CCc1nn(C)cc1NC(=O)c1nonc1N. The Hall–Kier alpha value is -2.38. The molecule has 0 aliphatic carbocycles. The van der Waals surface area contributed by atoms with Gasteiger partial charge in [-0.25, -0.2) is 4.63 Å². The van der Waals surface area contributed by atoms with Crippen LogP contribution >= 0.6 is 0 Å². The van der Waals surface area contributed by atoms with Crippen LogP contribution in [0, 0.1) is 0 Å². The predicted molar refractivity (Wildman–Crippen MR) is 59.2 cm³/mol. The lowest BCUT2D eigenvalue weighted by molar-refractivity contribution is 0.101. The van der Waals surface area contributed by atoms with Crippen molar-refractivity contribution in [3.63, 3.8) is 0 Å². The molecule has 2 aromatic heterocycles. The number of nitrogens with two attached hydrogens (primary N) is 1. The average molecular weight is 236 g/mol. The van der Waals surface area contributed by atoms with Crippen LogP contribution < -0.4 is 11.1 Å². The Bertz CT molecular complexity index is 543. The summed E-state index contributed by atoms with van der Waals surface area (Å²) in [7, 11) is 1.78. The minimum Gasteiger partial charge on any atom is -0.379 e. The molecular weight excluding hydrogens is 224 g/mol. The third-order valence-electron chi connectivity index (χ3n) is 2.22. The summed E-state index contributed by atoms with van der Waals surface area (Å²) in [6.07, 6.45) is 2.42. The Morgan fingerprint density at radius 3 is 2.94 bits per heavy atom. The molecule has 0 unspecified atom stereocenters. The molecule has 0 bridgehead atoms. The molecule has 0 saturated carbocycles. The van der Waals surface area contributed by atoms with E-state index in [1.807, 2.05) is 6.92 Å². The monoisotopic (exact) mass is 236 g/mol. The molecule has 3 N–H and O–H groups in total. The van der Waals surface area contributed by atoms with Gasteiger partial charge >= 0.3 is 0 Å². The van der Waals surface area contributed by atoms with E-state index in [1.54, 1.807) is 17.9 Å². The minimum atomic E-state index is -0.466. The van der Waals surface area contributed by atoms with Crippen LogP contribution in [0.4, 0.5) is 11.5 Å². The van der Waals surface area contributed by atoms with Gasteiger partial charge in [0.05, 0.1) is 11.4 Å². The van der Waals surface area contributed by atoms with Gasteiger partial charge in [-0.2, -0.15) is 5.10 Å². The highest BCUT2D eigenvalue weighted by Crippen LogP contribution is 2.15. The van der Waals surface area contributed by atoms with Gasteiger partial charge in [0.15, 0.2) is 0 Å². The topological polar surface area (TPSA) is 112 Å². The first-order valence-corrected chi connectivity index (χ1v) is 5.03. The van der Waals surface area contributed by atoms with Gasteiger partial charge in [-0.3, -0.25) is 9.48 Å². The highest BCUT2D eigenvalue weighted by Gasteiger charge is 2.18. The summed E-state index contributed by atoms with van der Waals surface area (Å²) in [6.45, 7) is 1.95. The zero-order chi connectivity index (χ0) is 12.4. The van der Waals surface area contributed by atoms with E-state index in [0.717, 1.165) is 5.69 Å². The number of aryl methyl sites for hydroxylation is 2. The first-order valence-electron chi connectivity index (χ1n) is 5.03. The molecule has 2 heterocycles. The van der Waals surface area contributed by atoms with Gasteiger partial charge in [0.25, 0.3) is 5.91 Å². The largest absolute Gasteiger partial charge is 0.379 e. The number of anilines is 2. The van der Waals surface area contributed by atoms with Crippen LogP contribution in [0.5, 0.6) is 0 Å². The summed E-state index contributed by atoms with van der Waals surface area (Å²) in [6, 6.07) is 0. The lowest BCUT2D eigenvalue weighted by Gasteiger charge is -2.00. The Labute approximate surface area is 96.7 Å². The van der Waals surface area contributed by atoms with Gasteiger partial charge in [0.1, 0.15) is 0 Å². The Morgan fingerprint density at radius 2 is 2.35 bits per heavy atom. The number of aromatic nitrogens is 4. The minimum absolute atomic E-state index is 0.0316. The van der Waals surface area contributed by atoms with E-state index in [2.05, 4.69) is 25.4 Å². The molecule has 0 radical (unpaired) electrons. The van der Waals surface area contributed by atoms with E-state index >= 15 is 0 Å². The fourth-order valence-corrected chi connectivity index (χ4v) is 1.43. The molecule has 2 aromatic rings. The summed E-state index contributed by atoms with van der Waals surface area (Å²) < 4.78 is 5.98. The summed E-state index contributed by atoms with van der Waals surface area (Å²) in [5.41, 5.74) is 6.81. The number of rotatable bonds is 3. The van der Waals surface area contributed by atoms with E-state index in [4.69, 9.17) is 5.73 Å². The smallest absolute Gasteiger partial charge is 0.281 e. The van der Waals surface area contributed by atoms with Gasteiger partial charge in [0.2, 0.25) is 11.5 Å². The van der Waals surface area contributed by atoms with Crippen LogP contribution in [-0.2, 0) is 13.5 Å². The molecule has 2 rings (SSSR count). The number of hydrogen-bond donors (Lipinski definition) is 2. The molecule has 1 amide bonds. The number of nitrogen functional groups attached to an aromatic ring is 1. The first kappa shape index (κ1) is 11.1. The van der Waals surface area contributed by atoms with Crippen LogP contribution in [0.1, 0.15) is 23.1 Å². The number of carbonyl (C=O) groups excluding carboxylic acids is 1. The highest BCUT2D eigenvalue weighted by atomic mass is 16.6. The van der Waals surface area contributed by atoms with Gasteiger partial charge in [-0.15, -0.1) is 0 Å². The zero-order valence-corrected chi connectivity index (χ0v) is 9.47. The molecule has 8 nitrogen and oxygen atoms in total. The van der Waals surface area contributed by atoms with Crippen molar-refractivity contribution < 1.29 is 9.42 Å². The van der Waals surface area contributed by atoms with Crippen LogP contribution in [-0.4, -0.2) is 26.0 Å². The van der Waals surface area contributed by atoms with Gasteiger partial charge in [0, 0.05) is 13.2 Å². The fourth-order valence-electron chi connectivity index (χ4n) is 1.43. The van der Waals surface area contributed by atoms with E-state index < -0.39 is 5.91 Å². The second-order valence-corrected chi connectivity index (χ2v) is 3.47. The summed E-state index contributed by atoms with van der Waals surface area (Å²) >= 11 is 0. The third-order valence-corrected chi connectivity index (χ3v) is 2.22. The molecule has 0 saturated heterocycles. The number of carbonyl (C=O) groups is 1. The summed E-state index contributed by atoms with van der Waals surface area (Å²) in [5.74, 6) is -0.504. The predicted octanol–water partition coefficient (Wildman–Crippen LogP) is 0.200. The maximum Gasteiger partial charge on any atom is 0.281 e. The van der Waals surface area contributed by atoms with Crippen molar-refractivity contribution in [2.45, 2.75) is 13.3 Å². The van der Waals surface area contributed by atoms with Crippen molar-refractivity contribution in [3.8, 4) is 0 Å². The number of amides is 1. The quantitative estimate of drug-likeness (QED) is 0.787. The van der Waals surface area contributed by atoms with Crippen LogP contribution in [0.3, 0.4) is 0 Å². The van der Waals surface area contributed by atoms with Gasteiger partial charge < -0.3 is 11.1 Å². The standard InChI is InChI=1S/C9H12N6O2/c1-3-5-6(4-15(2)12-5)11-9(16)7-8(10)14-17-13-7/h4H,3H2,1-2H3,(H2,10,14)(H,11,16). The molecule has 0 aliphatic heterocycles. The molecule has 90 valence electrons. The van der Waals surface area contributed by atoms with Crippen molar-refractivity contribution in [3.05, 3.63) is 17.6 Å². The molecule has 0 spiro atoms. The Kier molecular flexibility index (Phi) is 2.77. The van der Waals surface area contributed by atoms with E-state index in [-0.39, 0.29) is 11.5 Å². The second-order valence-electron chi connectivity index (χ2n) is 3.47. The first-order chi connectivity index (χ1) is 8.11. The molecule has 17 heavy (non-hydrogen) atoms. The Balaban J connectivity index is 2.21.